The number of rotatable bonds is 2. The van der Waals surface area contributed by atoms with E-state index in [4.69, 9.17) is 0 Å². The van der Waals surface area contributed by atoms with E-state index in [9.17, 15) is 31.4 Å². The van der Waals surface area contributed by atoms with Crippen LogP contribution in [0.1, 0.15) is 24.0 Å². The molecular weight excluding hydrogens is 262 g/mol. The number of phenolic OH excluding ortho intramolecular Hbond substituents is 1. The third kappa shape index (κ3) is 3.08. The molecule has 0 radical (unpaired) electrons. The Labute approximate surface area is 99.0 Å². The van der Waals surface area contributed by atoms with Gasteiger partial charge in [0.05, 0.1) is 0 Å². The lowest BCUT2D eigenvalue weighted by Crippen LogP contribution is -2.34. The molecule has 1 aromatic carbocycles. The molecule has 0 aliphatic heterocycles. The molecule has 0 spiro atoms. The van der Waals surface area contributed by atoms with Crippen LogP contribution in [0.3, 0.4) is 0 Å². The number of halogens is 6. The fourth-order valence-corrected chi connectivity index (χ4v) is 1.63. The predicted octanol–water partition coefficient (Wildman–Crippen LogP) is 4.16. The van der Waals surface area contributed by atoms with Gasteiger partial charge in [0.25, 0.3) is 0 Å². The molecule has 1 N–H and O–H groups in total. The van der Waals surface area contributed by atoms with Gasteiger partial charge in [0.15, 0.2) is 5.92 Å². The second-order valence-electron chi connectivity index (χ2n) is 3.76. The van der Waals surface area contributed by atoms with E-state index in [2.05, 4.69) is 0 Å². The Morgan fingerprint density at radius 2 is 1.56 bits per heavy atom. The lowest BCUT2D eigenvalue weighted by atomic mass is 9.95. The van der Waals surface area contributed by atoms with Gasteiger partial charge in [0, 0.05) is 0 Å². The molecule has 18 heavy (non-hydrogen) atoms. The quantitative estimate of drug-likeness (QED) is 0.801. The van der Waals surface area contributed by atoms with Crippen LogP contribution >= 0.6 is 0 Å². The van der Waals surface area contributed by atoms with Crippen molar-refractivity contribution in [3.8, 4) is 5.75 Å². The average molecular weight is 272 g/mol. The maximum Gasteiger partial charge on any atom is 0.404 e. The fourth-order valence-electron chi connectivity index (χ4n) is 1.63. The van der Waals surface area contributed by atoms with Gasteiger partial charge in [0.2, 0.25) is 0 Å². The van der Waals surface area contributed by atoms with Crippen LogP contribution in [0.5, 0.6) is 5.75 Å². The zero-order chi connectivity index (χ0) is 14.1. The van der Waals surface area contributed by atoms with E-state index in [1.807, 2.05) is 0 Å². The number of phenols is 1. The molecule has 0 aromatic heterocycles. The van der Waals surface area contributed by atoms with E-state index in [0.29, 0.717) is 6.07 Å². The van der Waals surface area contributed by atoms with Crippen LogP contribution in [-0.4, -0.2) is 17.5 Å². The Bertz CT molecular complexity index is 407. The molecule has 0 saturated carbocycles. The SMILES string of the molecule is CCc1cc(C(C(F)(F)F)C(F)(F)F)ccc1O. The molecule has 0 unspecified atom stereocenters. The first-order valence-electron chi connectivity index (χ1n) is 5.02. The fraction of sp³-hybridized carbons (Fsp3) is 0.455. The van der Waals surface area contributed by atoms with Gasteiger partial charge >= 0.3 is 12.4 Å². The van der Waals surface area contributed by atoms with Gasteiger partial charge in [-0.05, 0) is 23.6 Å². The van der Waals surface area contributed by atoms with Gasteiger partial charge in [-0.1, -0.05) is 19.1 Å². The number of hydrogen-bond acceptors (Lipinski definition) is 1. The topological polar surface area (TPSA) is 20.2 Å². The number of benzene rings is 1. The van der Waals surface area contributed by atoms with Crippen LogP contribution in [0, 0.1) is 0 Å². The van der Waals surface area contributed by atoms with Gasteiger partial charge in [0.1, 0.15) is 5.75 Å². The maximum atomic E-state index is 12.5. The summed E-state index contributed by atoms with van der Waals surface area (Å²) in [6, 6.07) is 2.22. The normalized spacial score (nSPS) is 13.1. The average Bonchev–Trinajstić information content (AvgIpc) is 2.16. The number of alkyl halides is 6. The smallest absolute Gasteiger partial charge is 0.404 e. The van der Waals surface area contributed by atoms with Crippen molar-refractivity contribution in [3.05, 3.63) is 29.3 Å². The molecule has 1 rings (SSSR count). The summed E-state index contributed by atoms with van der Waals surface area (Å²) in [5.74, 6) is -3.85. The zero-order valence-electron chi connectivity index (χ0n) is 9.23. The zero-order valence-corrected chi connectivity index (χ0v) is 9.23. The summed E-state index contributed by atoms with van der Waals surface area (Å²) in [4.78, 5) is 0. The van der Waals surface area contributed by atoms with Crippen molar-refractivity contribution >= 4 is 0 Å². The largest absolute Gasteiger partial charge is 0.508 e. The van der Waals surface area contributed by atoms with Crippen molar-refractivity contribution in [2.75, 3.05) is 0 Å². The van der Waals surface area contributed by atoms with Crippen LogP contribution in [0.15, 0.2) is 18.2 Å². The maximum absolute atomic E-state index is 12.5. The van der Waals surface area contributed by atoms with Crippen molar-refractivity contribution < 1.29 is 31.4 Å². The van der Waals surface area contributed by atoms with Crippen LogP contribution in [-0.2, 0) is 6.42 Å². The molecule has 0 heterocycles. The van der Waals surface area contributed by atoms with Gasteiger partial charge in [-0.2, -0.15) is 26.3 Å². The minimum Gasteiger partial charge on any atom is -0.508 e. The summed E-state index contributed by atoms with van der Waals surface area (Å²) < 4.78 is 74.7. The standard InChI is InChI=1S/C11H10F6O/c1-2-6-5-7(3-4-8(6)18)9(10(12,13)14)11(15,16)17/h3-5,9,18H,2H2,1H3. The highest BCUT2D eigenvalue weighted by molar-refractivity contribution is 5.38. The first-order valence-corrected chi connectivity index (χ1v) is 5.02. The Balaban J connectivity index is 3.31. The van der Waals surface area contributed by atoms with E-state index in [0.717, 1.165) is 12.1 Å². The van der Waals surface area contributed by atoms with Crippen LogP contribution in [0.25, 0.3) is 0 Å². The number of hydrogen-bond donors (Lipinski definition) is 1. The molecule has 1 nitrogen and oxygen atoms in total. The Morgan fingerprint density at radius 1 is 1.06 bits per heavy atom. The molecule has 0 fully saturated rings. The Hall–Kier alpha value is -1.40. The molecule has 102 valence electrons. The second-order valence-corrected chi connectivity index (χ2v) is 3.76. The summed E-state index contributed by atoms with van der Waals surface area (Å²) in [5, 5.41) is 9.26. The Morgan fingerprint density at radius 3 is 1.94 bits per heavy atom. The predicted molar refractivity (Wildman–Crippen MR) is 52.3 cm³/mol. The molecule has 7 heteroatoms. The van der Waals surface area contributed by atoms with Gasteiger partial charge < -0.3 is 5.11 Å². The summed E-state index contributed by atoms with van der Waals surface area (Å²) in [5.41, 5.74) is -0.865. The molecular formula is C11H10F6O. The first kappa shape index (κ1) is 14.7. The van der Waals surface area contributed by atoms with E-state index >= 15 is 0 Å². The van der Waals surface area contributed by atoms with E-state index in [1.54, 1.807) is 0 Å². The number of aryl methyl sites for hydroxylation is 1. The summed E-state index contributed by atoms with van der Waals surface area (Å²) in [6.07, 6.45) is -10.7. The molecule has 0 bridgehead atoms. The van der Waals surface area contributed by atoms with Crippen molar-refractivity contribution in [2.24, 2.45) is 0 Å². The van der Waals surface area contributed by atoms with Crippen LogP contribution < -0.4 is 0 Å². The first-order chi connectivity index (χ1) is 8.07. The van der Waals surface area contributed by atoms with Crippen molar-refractivity contribution in [1.82, 2.24) is 0 Å². The van der Waals surface area contributed by atoms with Crippen LogP contribution in [0.2, 0.25) is 0 Å². The molecule has 0 saturated heterocycles. The van der Waals surface area contributed by atoms with Crippen molar-refractivity contribution in [1.29, 1.82) is 0 Å². The molecule has 0 atom stereocenters. The van der Waals surface area contributed by atoms with Gasteiger partial charge in [-0.25, -0.2) is 0 Å². The monoisotopic (exact) mass is 272 g/mol. The van der Waals surface area contributed by atoms with E-state index in [-0.39, 0.29) is 17.7 Å². The summed E-state index contributed by atoms with van der Waals surface area (Å²) in [7, 11) is 0. The van der Waals surface area contributed by atoms with E-state index in [1.165, 1.54) is 6.92 Å². The minimum atomic E-state index is -5.42. The molecule has 0 aliphatic rings. The highest BCUT2D eigenvalue weighted by atomic mass is 19.4. The molecule has 1 aromatic rings. The minimum absolute atomic E-state index is 0.0472. The second kappa shape index (κ2) is 4.70. The van der Waals surface area contributed by atoms with Gasteiger partial charge in [-0.15, -0.1) is 0 Å². The third-order valence-electron chi connectivity index (χ3n) is 2.47. The third-order valence-corrected chi connectivity index (χ3v) is 2.47. The lowest BCUT2D eigenvalue weighted by Gasteiger charge is -2.23. The van der Waals surface area contributed by atoms with Crippen molar-refractivity contribution in [3.63, 3.8) is 0 Å². The molecule has 0 amide bonds. The highest BCUT2D eigenvalue weighted by Gasteiger charge is 2.57. The van der Waals surface area contributed by atoms with E-state index < -0.39 is 23.8 Å². The van der Waals surface area contributed by atoms with Crippen LogP contribution in [0.4, 0.5) is 26.3 Å². The lowest BCUT2D eigenvalue weighted by molar-refractivity contribution is -0.253. The Kier molecular flexibility index (Phi) is 3.83. The summed E-state index contributed by atoms with van der Waals surface area (Å²) in [6.45, 7) is 1.52. The highest BCUT2D eigenvalue weighted by Crippen LogP contribution is 2.46. The number of aromatic hydroxyl groups is 1. The van der Waals surface area contributed by atoms with Crippen molar-refractivity contribution in [2.45, 2.75) is 31.6 Å². The molecule has 0 aliphatic carbocycles. The summed E-state index contributed by atoms with van der Waals surface area (Å²) >= 11 is 0. The van der Waals surface area contributed by atoms with Gasteiger partial charge in [-0.3, -0.25) is 0 Å².